The summed E-state index contributed by atoms with van der Waals surface area (Å²) < 4.78 is 40.3. The second kappa shape index (κ2) is 14.4. The third-order valence-electron chi connectivity index (χ3n) is 8.98. The van der Waals surface area contributed by atoms with Crippen molar-refractivity contribution in [3.05, 3.63) is 93.5 Å². The van der Waals surface area contributed by atoms with E-state index in [4.69, 9.17) is 14.9 Å². The number of carbonyl (C=O) groups is 4. The van der Waals surface area contributed by atoms with Crippen molar-refractivity contribution in [1.82, 2.24) is 25.4 Å². The van der Waals surface area contributed by atoms with Gasteiger partial charge < -0.3 is 20.1 Å². The number of esters is 1. The van der Waals surface area contributed by atoms with Crippen LogP contribution in [0, 0.1) is 26.2 Å². The SMILES string of the molecule is COC(=O)C(CCCNC(=N)NS(=O)(=O)c1c(C)c(C)c2c(c1C)CC(C)(C)O2)NC(=O)N(Cc1ccccc1)N1C(=O)c2ccccc2C1=O. The largest absolute Gasteiger partial charge is 0.487 e. The molecule has 4 N–H and O–H groups in total. The normalized spacial score (nSPS) is 15.0. The molecule has 15 heteroatoms. The van der Waals surface area contributed by atoms with Gasteiger partial charge in [0.2, 0.25) is 5.96 Å². The number of nitrogens with one attached hydrogen (secondary N) is 4. The van der Waals surface area contributed by atoms with E-state index in [0.29, 0.717) is 28.9 Å². The van der Waals surface area contributed by atoms with Gasteiger partial charge in [-0.05, 0) is 81.8 Å². The number of nitrogens with zero attached hydrogens (tertiary/aromatic N) is 2. The Balaban J connectivity index is 1.24. The predicted octanol–water partition coefficient (Wildman–Crippen LogP) is 3.87. The van der Waals surface area contributed by atoms with Gasteiger partial charge in [0.05, 0.1) is 29.7 Å². The minimum Gasteiger partial charge on any atom is -0.487 e. The number of imide groups is 1. The number of hydrogen-bond acceptors (Lipinski definition) is 9. The van der Waals surface area contributed by atoms with Crippen LogP contribution in [0.4, 0.5) is 4.79 Å². The van der Waals surface area contributed by atoms with Gasteiger partial charge in [-0.25, -0.2) is 27.7 Å². The molecular weight excluding hydrogens is 676 g/mol. The molecule has 5 rings (SSSR count). The minimum absolute atomic E-state index is 0.0186. The molecule has 2 heterocycles. The summed E-state index contributed by atoms with van der Waals surface area (Å²) in [6, 6.07) is 12.9. The summed E-state index contributed by atoms with van der Waals surface area (Å²) in [4.78, 5) is 53.3. The summed E-state index contributed by atoms with van der Waals surface area (Å²) >= 11 is 0. The van der Waals surface area contributed by atoms with E-state index in [2.05, 4.69) is 15.4 Å². The molecule has 0 saturated carbocycles. The molecule has 270 valence electrons. The molecule has 4 amide bonds. The molecule has 0 radical (unpaired) electrons. The molecular formula is C36H42N6O8S. The molecule has 0 fully saturated rings. The van der Waals surface area contributed by atoms with Gasteiger partial charge in [-0.2, -0.15) is 5.01 Å². The highest BCUT2D eigenvalue weighted by Gasteiger charge is 2.42. The number of methoxy groups -OCH3 is 1. The second-order valence-corrected chi connectivity index (χ2v) is 14.8. The maximum Gasteiger partial charge on any atom is 0.337 e. The molecule has 3 aromatic rings. The van der Waals surface area contributed by atoms with Gasteiger partial charge in [0, 0.05) is 18.5 Å². The number of guanidine groups is 1. The maximum atomic E-state index is 13.8. The molecule has 2 aliphatic heterocycles. The van der Waals surface area contributed by atoms with Gasteiger partial charge in [0.1, 0.15) is 17.4 Å². The summed E-state index contributed by atoms with van der Waals surface area (Å²) in [6.07, 6.45) is 0.761. The quantitative estimate of drug-likeness (QED) is 0.0751. The Morgan fingerprint density at radius 3 is 2.20 bits per heavy atom. The average Bonchev–Trinajstić information content (AvgIpc) is 3.55. The molecule has 0 bridgehead atoms. The van der Waals surface area contributed by atoms with Gasteiger partial charge >= 0.3 is 12.0 Å². The molecule has 14 nitrogen and oxygen atoms in total. The number of benzene rings is 3. The number of ether oxygens (including phenoxy) is 2. The lowest BCUT2D eigenvalue weighted by molar-refractivity contribution is -0.143. The summed E-state index contributed by atoms with van der Waals surface area (Å²) in [5, 5.41) is 15.3. The van der Waals surface area contributed by atoms with Gasteiger partial charge in [-0.3, -0.25) is 15.0 Å². The maximum absolute atomic E-state index is 13.8. The van der Waals surface area contributed by atoms with Crippen molar-refractivity contribution in [2.24, 2.45) is 0 Å². The first-order chi connectivity index (χ1) is 24.1. The monoisotopic (exact) mass is 718 g/mol. The van der Waals surface area contributed by atoms with Crippen molar-refractivity contribution in [2.45, 2.75) is 77.0 Å². The first kappa shape index (κ1) is 36.8. The van der Waals surface area contributed by atoms with Gasteiger partial charge in [0.15, 0.2) is 0 Å². The number of fused-ring (bicyclic) bond motifs is 2. The van der Waals surface area contributed by atoms with Gasteiger partial charge in [0.25, 0.3) is 21.8 Å². The number of hydrogen-bond donors (Lipinski definition) is 4. The van der Waals surface area contributed by atoms with E-state index < -0.39 is 51.4 Å². The summed E-state index contributed by atoms with van der Waals surface area (Å²) in [7, 11) is -2.99. The van der Waals surface area contributed by atoms with Crippen LogP contribution in [0.5, 0.6) is 5.75 Å². The number of urea groups is 1. The zero-order valence-electron chi connectivity index (χ0n) is 29.4. The summed E-state index contributed by atoms with van der Waals surface area (Å²) in [5.74, 6) is -1.91. The number of amides is 4. The van der Waals surface area contributed by atoms with E-state index in [1.165, 1.54) is 12.1 Å². The van der Waals surface area contributed by atoms with Crippen molar-refractivity contribution in [2.75, 3.05) is 13.7 Å². The van der Waals surface area contributed by atoms with Crippen LogP contribution in [0.25, 0.3) is 0 Å². The van der Waals surface area contributed by atoms with E-state index >= 15 is 0 Å². The third-order valence-corrected chi connectivity index (χ3v) is 10.6. The number of rotatable bonds is 11. The van der Waals surface area contributed by atoms with Crippen molar-refractivity contribution in [3.8, 4) is 5.75 Å². The minimum atomic E-state index is -4.15. The topological polar surface area (TPSA) is 187 Å². The zero-order chi connectivity index (χ0) is 37.2. The van der Waals surface area contributed by atoms with E-state index in [0.717, 1.165) is 28.3 Å². The van der Waals surface area contributed by atoms with Crippen LogP contribution in [-0.4, -0.2) is 73.5 Å². The molecule has 3 aromatic carbocycles. The highest BCUT2D eigenvalue weighted by atomic mass is 32.2. The van der Waals surface area contributed by atoms with Crippen LogP contribution >= 0.6 is 0 Å². The van der Waals surface area contributed by atoms with Crippen molar-refractivity contribution < 1.29 is 37.1 Å². The lowest BCUT2D eigenvalue weighted by Crippen LogP contribution is -2.56. The average molecular weight is 719 g/mol. The first-order valence-corrected chi connectivity index (χ1v) is 17.9. The fourth-order valence-electron chi connectivity index (χ4n) is 6.39. The fourth-order valence-corrected chi connectivity index (χ4v) is 7.91. The fraction of sp³-hybridized carbons (Fsp3) is 0.361. The van der Waals surface area contributed by atoms with Crippen LogP contribution in [-0.2, 0) is 32.5 Å². The Bertz CT molecular complexity index is 1980. The zero-order valence-corrected chi connectivity index (χ0v) is 30.2. The molecule has 0 aliphatic carbocycles. The van der Waals surface area contributed by atoms with E-state index in [1.54, 1.807) is 56.3 Å². The van der Waals surface area contributed by atoms with E-state index in [9.17, 15) is 27.6 Å². The highest BCUT2D eigenvalue weighted by molar-refractivity contribution is 7.90. The first-order valence-electron chi connectivity index (χ1n) is 16.4. The van der Waals surface area contributed by atoms with Gasteiger partial charge in [-0.1, -0.05) is 42.5 Å². The summed E-state index contributed by atoms with van der Waals surface area (Å²) in [6.45, 7) is 9.04. The van der Waals surface area contributed by atoms with Crippen LogP contribution in [0.1, 0.15) is 75.2 Å². The van der Waals surface area contributed by atoms with E-state index in [-0.39, 0.29) is 42.0 Å². The molecule has 51 heavy (non-hydrogen) atoms. The molecule has 0 aromatic heterocycles. The number of hydrazine groups is 1. The Morgan fingerprint density at radius 1 is 0.980 bits per heavy atom. The van der Waals surface area contributed by atoms with Gasteiger partial charge in [-0.15, -0.1) is 0 Å². The smallest absolute Gasteiger partial charge is 0.337 e. The molecule has 1 atom stereocenters. The van der Waals surface area contributed by atoms with Crippen LogP contribution in [0.3, 0.4) is 0 Å². The van der Waals surface area contributed by atoms with Crippen molar-refractivity contribution in [3.63, 3.8) is 0 Å². The molecule has 2 aliphatic rings. The predicted molar refractivity (Wildman–Crippen MR) is 188 cm³/mol. The van der Waals surface area contributed by atoms with E-state index in [1.807, 2.05) is 20.8 Å². The molecule has 0 saturated heterocycles. The van der Waals surface area contributed by atoms with Crippen molar-refractivity contribution in [1.29, 1.82) is 5.41 Å². The Labute approximate surface area is 297 Å². The standard InChI is InChI=1S/C36H42N6O8S/c1-21-22(2)30(23(3)27-19-36(4,5)50-29(21)27)51(47,48)40-34(37)38-18-12-17-28(33(45)49-6)39-35(46)41(20-24-13-8-7-9-14-24)42-31(43)25-15-10-11-16-26(25)32(42)44/h7-11,13-16,28H,12,17-20H2,1-6H3,(H,39,46)(H3,37,38,40). The van der Waals surface area contributed by atoms with Crippen LogP contribution in [0.15, 0.2) is 59.5 Å². The number of sulfonamides is 1. The lowest BCUT2D eigenvalue weighted by Gasteiger charge is -2.31. The Kier molecular flexibility index (Phi) is 10.4. The third kappa shape index (κ3) is 7.53. The second-order valence-electron chi connectivity index (χ2n) is 13.1. The number of carbonyl (C=O) groups excluding carboxylic acids is 4. The summed E-state index contributed by atoms with van der Waals surface area (Å²) in [5.41, 5.74) is 3.10. The Hall–Kier alpha value is -5.44. The molecule has 0 spiro atoms. The van der Waals surface area contributed by atoms with Crippen LogP contribution in [0.2, 0.25) is 0 Å². The van der Waals surface area contributed by atoms with Crippen molar-refractivity contribution >= 4 is 39.8 Å². The lowest BCUT2D eigenvalue weighted by atomic mass is 9.94. The Morgan fingerprint density at radius 2 is 1.59 bits per heavy atom. The highest BCUT2D eigenvalue weighted by Crippen LogP contribution is 2.43. The van der Waals surface area contributed by atoms with Crippen LogP contribution < -0.4 is 20.1 Å². The molecule has 1 unspecified atom stereocenters.